The third-order valence-electron chi connectivity index (χ3n) is 2.96. The zero-order valence-corrected chi connectivity index (χ0v) is 12.0. The molecule has 2 aromatic rings. The van der Waals surface area contributed by atoms with Gasteiger partial charge in [-0.3, -0.25) is 4.79 Å². The van der Waals surface area contributed by atoms with Gasteiger partial charge in [0.15, 0.2) is 6.61 Å². The molecular weight excluding hydrogens is 268 g/mol. The Morgan fingerprint density at radius 2 is 1.81 bits per heavy atom. The molecule has 0 saturated heterocycles. The molecule has 0 radical (unpaired) electrons. The maximum Gasteiger partial charge on any atom is 0.262 e. The van der Waals surface area contributed by atoms with Crippen LogP contribution in [-0.2, 0) is 4.79 Å². The van der Waals surface area contributed by atoms with Crippen molar-refractivity contribution < 1.29 is 14.6 Å². The highest BCUT2D eigenvalue weighted by molar-refractivity contribution is 5.95. The lowest BCUT2D eigenvalue weighted by atomic mass is 10.2. The Balaban J connectivity index is 0.000000161. The largest absolute Gasteiger partial charge is 0.506 e. The molecule has 0 atom stereocenters. The molecule has 0 aromatic heterocycles. The van der Waals surface area contributed by atoms with Crippen molar-refractivity contribution >= 4 is 17.3 Å². The Bertz CT molecular complexity index is 669. The minimum Gasteiger partial charge on any atom is -0.506 e. The molecular formula is C16H18N2O3. The van der Waals surface area contributed by atoms with Gasteiger partial charge in [0.2, 0.25) is 0 Å². The molecule has 0 unspecified atom stereocenters. The summed E-state index contributed by atoms with van der Waals surface area (Å²) >= 11 is 0. The topological polar surface area (TPSA) is 84.6 Å². The number of phenolic OH excluding ortho intramolecular Hbond substituents is 1. The number of aromatic hydroxyl groups is 1. The van der Waals surface area contributed by atoms with E-state index in [1.54, 1.807) is 12.1 Å². The van der Waals surface area contributed by atoms with Crippen LogP contribution in [0.1, 0.15) is 11.1 Å². The summed E-state index contributed by atoms with van der Waals surface area (Å²) in [5, 5.41) is 11.7. The van der Waals surface area contributed by atoms with Crippen LogP contribution in [0.4, 0.5) is 11.4 Å². The van der Waals surface area contributed by atoms with E-state index in [1.807, 2.05) is 38.1 Å². The SMILES string of the molecule is Cc1ccc(N)c(O)c1.Cc1ccc2c(c1)OCC(=O)N2. The number of nitrogens with two attached hydrogens (primary N) is 1. The number of amides is 1. The van der Waals surface area contributed by atoms with E-state index in [0.29, 0.717) is 5.69 Å². The standard InChI is InChI=1S/C9H9NO2.C7H9NO/c1-6-2-3-7-8(4-6)12-5-9(11)10-7;1-5-2-3-6(8)7(9)4-5/h2-4H,5H2,1H3,(H,10,11);2-4,9H,8H2,1H3. The van der Waals surface area contributed by atoms with Gasteiger partial charge in [-0.2, -0.15) is 0 Å². The Labute approximate surface area is 123 Å². The minimum absolute atomic E-state index is 0.0913. The smallest absolute Gasteiger partial charge is 0.262 e. The van der Waals surface area contributed by atoms with Gasteiger partial charge >= 0.3 is 0 Å². The molecule has 1 aliphatic rings. The molecule has 5 nitrogen and oxygen atoms in total. The van der Waals surface area contributed by atoms with Gasteiger partial charge in [0, 0.05) is 0 Å². The van der Waals surface area contributed by atoms with Crippen LogP contribution in [0.5, 0.6) is 11.5 Å². The summed E-state index contributed by atoms with van der Waals surface area (Å²) in [6.07, 6.45) is 0. The molecule has 0 aliphatic carbocycles. The molecule has 2 aromatic carbocycles. The molecule has 21 heavy (non-hydrogen) atoms. The van der Waals surface area contributed by atoms with Crippen molar-refractivity contribution in [2.45, 2.75) is 13.8 Å². The van der Waals surface area contributed by atoms with Gasteiger partial charge in [0.25, 0.3) is 5.91 Å². The Kier molecular flexibility index (Phi) is 4.33. The number of fused-ring (bicyclic) bond motifs is 1. The van der Waals surface area contributed by atoms with Crippen molar-refractivity contribution in [2.24, 2.45) is 0 Å². The summed E-state index contributed by atoms with van der Waals surface area (Å²) in [6, 6.07) is 10.9. The Hall–Kier alpha value is -2.69. The number of carbonyl (C=O) groups is 1. The first kappa shape index (κ1) is 14.7. The fourth-order valence-corrected chi connectivity index (χ4v) is 1.84. The molecule has 0 bridgehead atoms. The van der Waals surface area contributed by atoms with Crippen LogP contribution < -0.4 is 15.8 Å². The summed E-state index contributed by atoms with van der Waals surface area (Å²) < 4.78 is 5.20. The van der Waals surface area contributed by atoms with Gasteiger partial charge in [-0.25, -0.2) is 0 Å². The number of nitrogens with one attached hydrogen (secondary N) is 1. The summed E-state index contributed by atoms with van der Waals surface area (Å²) in [4.78, 5) is 10.9. The second-order valence-electron chi connectivity index (χ2n) is 4.90. The van der Waals surface area contributed by atoms with Crippen molar-refractivity contribution in [3.8, 4) is 11.5 Å². The Morgan fingerprint density at radius 3 is 2.48 bits per heavy atom. The predicted octanol–water partition coefficient (Wildman–Crippen LogP) is 2.61. The average Bonchev–Trinajstić information content (AvgIpc) is 2.44. The lowest BCUT2D eigenvalue weighted by molar-refractivity contribution is -0.118. The maximum absolute atomic E-state index is 10.9. The third kappa shape index (κ3) is 3.89. The number of hydrogen-bond acceptors (Lipinski definition) is 4. The van der Waals surface area contributed by atoms with Crippen LogP contribution in [0, 0.1) is 13.8 Å². The number of rotatable bonds is 0. The monoisotopic (exact) mass is 286 g/mol. The summed E-state index contributed by atoms with van der Waals surface area (Å²) in [6.45, 7) is 4.01. The lowest BCUT2D eigenvalue weighted by Gasteiger charge is -2.17. The second kappa shape index (κ2) is 6.17. The van der Waals surface area contributed by atoms with Crippen LogP contribution >= 0.6 is 0 Å². The third-order valence-corrected chi connectivity index (χ3v) is 2.96. The molecule has 0 fully saturated rings. The number of anilines is 2. The van der Waals surface area contributed by atoms with Gasteiger partial charge in [-0.15, -0.1) is 0 Å². The van der Waals surface area contributed by atoms with Gasteiger partial charge in [-0.05, 0) is 49.2 Å². The highest BCUT2D eigenvalue weighted by atomic mass is 16.5. The first-order valence-corrected chi connectivity index (χ1v) is 6.54. The average molecular weight is 286 g/mol. The van der Waals surface area contributed by atoms with Crippen molar-refractivity contribution in [3.05, 3.63) is 47.5 Å². The molecule has 3 rings (SSSR count). The molecule has 1 amide bonds. The van der Waals surface area contributed by atoms with Crippen LogP contribution in [-0.4, -0.2) is 17.6 Å². The molecule has 5 heteroatoms. The molecule has 1 heterocycles. The van der Waals surface area contributed by atoms with E-state index >= 15 is 0 Å². The highest BCUT2D eigenvalue weighted by Crippen LogP contribution is 2.27. The zero-order chi connectivity index (χ0) is 15.4. The van der Waals surface area contributed by atoms with Crippen LogP contribution in [0.15, 0.2) is 36.4 Å². The van der Waals surface area contributed by atoms with Crippen molar-refractivity contribution in [2.75, 3.05) is 17.7 Å². The van der Waals surface area contributed by atoms with Gasteiger partial charge in [0.05, 0.1) is 11.4 Å². The number of nitrogen functional groups attached to an aromatic ring is 1. The van der Waals surface area contributed by atoms with E-state index in [1.165, 1.54) is 0 Å². The Morgan fingerprint density at radius 1 is 1.14 bits per heavy atom. The van der Waals surface area contributed by atoms with Crippen LogP contribution in [0.25, 0.3) is 0 Å². The second-order valence-corrected chi connectivity index (χ2v) is 4.90. The number of ether oxygens (including phenoxy) is 1. The molecule has 0 saturated carbocycles. The quantitative estimate of drug-likeness (QED) is 0.513. The summed E-state index contributed by atoms with van der Waals surface area (Å²) in [5.74, 6) is 0.830. The normalized spacial score (nSPS) is 12.4. The van der Waals surface area contributed by atoms with Crippen LogP contribution in [0.2, 0.25) is 0 Å². The van der Waals surface area contributed by atoms with Crippen molar-refractivity contribution in [1.82, 2.24) is 0 Å². The summed E-state index contributed by atoms with van der Waals surface area (Å²) in [5.41, 5.74) is 8.68. The minimum atomic E-state index is -0.0913. The molecule has 1 aliphatic heterocycles. The fraction of sp³-hybridized carbons (Fsp3) is 0.188. The molecule has 4 N–H and O–H groups in total. The lowest BCUT2D eigenvalue weighted by Crippen LogP contribution is -2.25. The first-order chi connectivity index (χ1) is 9.95. The number of phenols is 1. The van der Waals surface area contributed by atoms with E-state index in [2.05, 4.69) is 5.32 Å². The summed E-state index contributed by atoms with van der Waals surface area (Å²) in [7, 11) is 0. The zero-order valence-electron chi connectivity index (χ0n) is 12.0. The van der Waals surface area contributed by atoms with E-state index < -0.39 is 0 Å². The first-order valence-electron chi connectivity index (χ1n) is 6.54. The number of aryl methyl sites for hydroxylation is 2. The van der Waals surface area contributed by atoms with E-state index in [0.717, 1.165) is 22.6 Å². The van der Waals surface area contributed by atoms with E-state index in [9.17, 15) is 4.79 Å². The fourth-order valence-electron chi connectivity index (χ4n) is 1.84. The molecule has 0 spiro atoms. The van der Waals surface area contributed by atoms with Crippen molar-refractivity contribution in [1.29, 1.82) is 0 Å². The number of hydrogen-bond donors (Lipinski definition) is 3. The predicted molar refractivity (Wildman–Crippen MR) is 82.6 cm³/mol. The number of benzene rings is 2. The van der Waals surface area contributed by atoms with E-state index in [4.69, 9.17) is 15.6 Å². The molecule has 110 valence electrons. The van der Waals surface area contributed by atoms with Gasteiger partial charge in [0.1, 0.15) is 11.5 Å². The van der Waals surface area contributed by atoms with Crippen LogP contribution in [0.3, 0.4) is 0 Å². The number of carbonyl (C=O) groups excluding carboxylic acids is 1. The van der Waals surface area contributed by atoms with Gasteiger partial charge in [-0.1, -0.05) is 12.1 Å². The van der Waals surface area contributed by atoms with E-state index in [-0.39, 0.29) is 18.3 Å². The maximum atomic E-state index is 10.9. The van der Waals surface area contributed by atoms with Gasteiger partial charge < -0.3 is 20.9 Å². The highest BCUT2D eigenvalue weighted by Gasteiger charge is 2.14. The van der Waals surface area contributed by atoms with Crippen molar-refractivity contribution in [3.63, 3.8) is 0 Å².